The Balaban J connectivity index is 1.41. The fraction of sp³-hybridized carbons (Fsp3) is 0.174. The first-order valence-electron chi connectivity index (χ1n) is 9.01. The summed E-state index contributed by atoms with van der Waals surface area (Å²) in [5.74, 6) is 0.0404. The largest absolute Gasteiger partial charge is 0.385 e. The number of carbonyl (C=O) groups excluding carboxylic acids is 1. The molecule has 0 aromatic heterocycles. The Hall–Kier alpha value is -3.07. The minimum atomic E-state index is 0.0404. The molecule has 0 aliphatic heterocycles. The fourth-order valence-electron chi connectivity index (χ4n) is 2.79. The van der Waals surface area contributed by atoms with E-state index in [9.17, 15) is 4.79 Å². The van der Waals surface area contributed by atoms with Crippen LogP contribution in [0.2, 0.25) is 0 Å². The Morgan fingerprint density at radius 1 is 0.654 bits per heavy atom. The van der Waals surface area contributed by atoms with Crippen LogP contribution in [-0.2, 0) is 17.6 Å². The molecular formula is C23H24N2O. The summed E-state index contributed by atoms with van der Waals surface area (Å²) >= 11 is 0. The van der Waals surface area contributed by atoms with Crippen molar-refractivity contribution in [3.63, 3.8) is 0 Å². The summed E-state index contributed by atoms with van der Waals surface area (Å²) in [6.07, 6.45) is 2.23. The third kappa shape index (κ3) is 5.78. The Morgan fingerprint density at radius 2 is 1.19 bits per heavy atom. The van der Waals surface area contributed by atoms with E-state index in [4.69, 9.17) is 0 Å². The number of rotatable bonds is 8. The molecule has 0 saturated carbocycles. The molecular weight excluding hydrogens is 320 g/mol. The molecule has 0 atom stereocenters. The van der Waals surface area contributed by atoms with E-state index in [1.165, 1.54) is 11.1 Å². The maximum Gasteiger partial charge on any atom is 0.224 e. The first-order chi connectivity index (χ1) is 12.8. The quantitative estimate of drug-likeness (QED) is 0.609. The molecule has 26 heavy (non-hydrogen) atoms. The van der Waals surface area contributed by atoms with Crippen LogP contribution in [0.3, 0.4) is 0 Å². The summed E-state index contributed by atoms with van der Waals surface area (Å²) in [6, 6.07) is 28.4. The van der Waals surface area contributed by atoms with Gasteiger partial charge in [0.2, 0.25) is 5.91 Å². The molecule has 132 valence electrons. The van der Waals surface area contributed by atoms with Crippen LogP contribution in [0.25, 0.3) is 0 Å². The van der Waals surface area contributed by atoms with Crippen LogP contribution >= 0.6 is 0 Å². The second-order valence-electron chi connectivity index (χ2n) is 6.27. The number of anilines is 2. The van der Waals surface area contributed by atoms with Gasteiger partial charge in [-0.2, -0.15) is 0 Å². The summed E-state index contributed by atoms with van der Waals surface area (Å²) in [6.45, 7) is 0.882. The van der Waals surface area contributed by atoms with E-state index in [0.717, 1.165) is 30.8 Å². The molecule has 3 aromatic carbocycles. The van der Waals surface area contributed by atoms with Crippen molar-refractivity contribution >= 4 is 17.3 Å². The van der Waals surface area contributed by atoms with E-state index in [-0.39, 0.29) is 5.91 Å². The number of hydrogen-bond acceptors (Lipinski definition) is 2. The average Bonchev–Trinajstić information content (AvgIpc) is 2.69. The fourth-order valence-corrected chi connectivity index (χ4v) is 2.79. The summed E-state index contributed by atoms with van der Waals surface area (Å²) in [5.41, 5.74) is 4.39. The van der Waals surface area contributed by atoms with Gasteiger partial charge in [-0.15, -0.1) is 0 Å². The van der Waals surface area contributed by atoms with Crippen LogP contribution in [0.15, 0.2) is 84.9 Å². The number of nitrogens with one attached hydrogen (secondary N) is 2. The lowest BCUT2D eigenvalue weighted by Crippen LogP contribution is -2.12. The molecule has 3 nitrogen and oxygen atoms in total. The van der Waals surface area contributed by atoms with Gasteiger partial charge in [-0.25, -0.2) is 0 Å². The summed E-state index contributed by atoms with van der Waals surface area (Å²) in [5, 5.41) is 6.36. The van der Waals surface area contributed by atoms with Gasteiger partial charge in [0.05, 0.1) is 0 Å². The lowest BCUT2D eigenvalue weighted by molar-refractivity contribution is -0.116. The van der Waals surface area contributed by atoms with Crippen LogP contribution in [0.4, 0.5) is 11.4 Å². The summed E-state index contributed by atoms with van der Waals surface area (Å²) in [4.78, 5) is 12.1. The minimum absolute atomic E-state index is 0.0404. The summed E-state index contributed by atoms with van der Waals surface area (Å²) < 4.78 is 0. The molecule has 0 unspecified atom stereocenters. The smallest absolute Gasteiger partial charge is 0.224 e. The maximum absolute atomic E-state index is 12.1. The first kappa shape index (κ1) is 17.7. The monoisotopic (exact) mass is 344 g/mol. The standard InChI is InChI=1S/C23H24N2O/c26-23(16-11-19-7-3-1-4-8-19)25-22-14-12-21(13-15-22)24-18-17-20-9-5-2-6-10-20/h1-10,12-15,24H,11,16-18H2,(H,25,26). The van der Waals surface area contributed by atoms with E-state index in [2.05, 4.69) is 34.9 Å². The van der Waals surface area contributed by atoms with Crippen LogP contribution in [0.1, 0.15) is 17.5 Å². The minimum Gasteiger partial charge on any atom is -0.385 e. The van der Waals surface area contributed by atoms with Gasteiger partial charge in [0.15, 0.2) is 0 Å². The normalized spacial score (nSPS) is 10.3. The van der Waals surface area contributed by atoms with Crippen LogP contribution < -0.4 is 10.6 Å². The van der Waals surface area contributed by atoms with Crippen molar-refractivity contribution in [1.82, 2.24) is 0 Å². The second kappa shape index (κ2) is 9.42. The first-order valence-corrected chi connectivity index (χ1v) is 9.01. The molecule has 0 aliphatic carbocycles. The highest BCUT2D eigenvalue weighted by Gasteiger charge is 2.03. The molecule has 0 saturated heterocycles. The number of aryl methyl sites for hydroxylation is 1. The Labute approximate surface area is 155 Å². The zero-order valence-electron chi connectivity index (χ0n) is 14.8. The van der Waals surface area contributed by atoms with Crippen molar-refractivity contribution in [1.29, 1.82) is 0 Å². The zero-order valence-corrected chi connectivity index (χ0v) is 14.8. The number of carbonyl (C=O) groups is 1. The molecule has 0 fully saturated rings. The van der Waals surface area contributed by atoms with Crippen molar-refractivity contribution in [2.45, 2.75) is 19.3 Å². The Morgan fingerprint density at radius 3 is 1.81 bits per heavy atom. The Bertz CT molecular complexity index is 799. The van der Waals surface area contributed by atoms with Gasteiger partial charge >= 0.3 is 0 Å². The molecule has 3 aromatic rings. The third-order valence-corrected chi connectivity index (χ3v) is 4.24. The van der Waals surface area contributed by atoms with E-state index >= 15 is 0 Å². The van der Waals surface area contributed by atoms with Crippen molar-refractivity contribution in [3.05, 3.63) is 96.1 Å². The molecule has 2 N–H and O–H groups in total. The van der Waals surface area contributed by atoms with Gasteiger partial charge in [-0.3, -0.25) is 4.79 Å². The van der Waals surface area contributed by atoms with Crippen molar-refractivity contribution in [2.75, 3.05) is 17.2 Å². The van der Waals surface area contributed by atoms with E-state index < -0.39 is 0 Å². The second-order valence-corrected chi connectivity index (χ2v) is 6.27. The predicted molar refractivity (Wildman–Crippen MR) is 108 cm³/mol. The average molecular weight is 344 g/mol. The molecule has 0 heterocycles. The van der Waals surface area contributed by atoms with Gasteiger partial charge in [0.25, 0.3) is 0 Å². The highest BCUT2D eigenvalue weighted by Crippen LogP contribution is 2.14. The van der Waals surface area contributed by atoms with E-state index in [1.807, 2.05) is 60.7 Å². The zero-order chi connectivity index (χ0) is 18.0. The van der Waals surface area contributed by atoms with Gasteiger partial charge in [0, 0.05) is 24.3 Å². The van der Waals surface area contributed by atoms with Gasteiger partial charge in [-0.05, 0) is 48.2 Å². The number of hydrogen-bond donors (Lipinski definition) is 2. The van der Waals surface area contributed by atoms with Gasteiger partial charge in [0.1, 0.15) is 0 Å². The lowest BCUT2D eigenvalue weighted by atomic mass is 10.1. The Kier molecular flexibility index (Phi) is 6.43. The van der Waals surface area contributed by atoms with Crippen LogP contribution in [0.5, 0.6) is 0 Å². The van der Waals surface area contributed by atoms with E-state index in [0.29, 0.717) is 6.42 Å². The highest BCUT2D eigenvalue weighted by molar-refractivity contribution is 5.91. The van der Waals surface area contributed by atoms with Crippen LogP contribution in [0, 0.1) is 0 Å². The van der Waals surface area contributed by atoms with Crippen molar-refractivity contribution in [3.8, 4) is 0 Å². The summed E-state index contributed by atoms with van der Waals surface area (Å²) in [7, 11) is 0. The SMILES string of the molecule is O=C(CCc1ccccc1)Nc1ccc(NCCc2ccccc2)cc1. The van der Waals surface area contributed by atoms with Gasteiger partial charge < -0.3 is 10.6 Å². The molecule has 1 amide bonds. The molecule has 0 bridgehead atoms. The lowest BCUT2D eigenvalue weighted by Gasteiger charge is -2.09. The molecule has 0 aliphatic rings. The van der Waals surface area contributed by atoms with Crippen molar-refractivity contribution in [2.24, 2.45) is 0 Å². The molecule has 3 heteroatoms. The maximum atomic E-state index is 12.1. The topological polar surface area (TPSA) is 41.1 Å². The molecule has 3 rings (SSSR count). The van der Waals surface area contributed by atoms with Crippen LogP contribution in [-0.4, -0.2) is 12.5 Å². The number of benzene rings is 3. The van der Waals surface area contributed by atoms with Gasteiger partial charge in [-0.1, -0.05) is 60.7 Å². The highest BCUT2D eigenvalue weighted by atomic mass is 16.1. The third-order valence-electron chi connectivity index (χ3n) is 4.24. The molecule has 0 radical (unpaired) electrons. The molecule has 0 spiro atoms. The van der Waals surface area contributed by atoms with Crippen molar-refractivity contribution < 1.29 is 4.79 Å². The predicted octanol–water partition coefficient (Wildman–Crippen LogP) is 4.91. The number of amides is 1. The van der Waals surface area contributed by atoms with E-state index in [1.54, 1.807) is 0 Å².